The van der Waals surface area contributed by atoms with E-state index in [0.29, 0.717) is 28.2 Å². The van der Waals surface area contributed by atoms with Crippen molar-refractivity contribution in [2.24, 2.45) is 11.3 Å². The van der Waals surface area contributed by atoms with Crippen LogP contribution in [-0.2, 0) is 11.3 Å². The van der Waals surface area contributed by atoms with Crippen molar-refractivity contribution in [3.05, 3.63) is 53.6 Å². The van der Waals surface area contributed by atoms with E-state index >= 15 is 4.39 Å². The molecule has 32 heavy (non-hydrogen) atoms. The number of hydrogen-bond donors (Lipinski definition) is 2. The van der Waals surface area contributed by atoms with Crippen LogP contribution in [0.5, 0.6) is 5.75 Å². The van der Waals surface area contributed by atoms with Crippen LogP contribution in [0.25, 0.3) is 11.1 Å². The van der Waals surface area contributed by atoms with E-state index in [9.17, 15) is 9.18 Å². The summed E-state index contributed by atoms with van der Waals surface area (Å²) in [6.45, 7) is 6.92. The Morgan fingerprint density at radius 1 is 1.12 bits per heavy atom. The molecule has 4 nitrogen and oxygen atoms in total. The Kier molecular flexibility index (Phi) is 7.88. The summed E-state index contributed by atoms with van der Waals surface area (Å²) in [6.07, 6.45) is 4.32. The fraction of sp³-hybridized carbons (Fsp3) is 0.500. The lowest BCUT2D eigenvalue weighted by molar-refractivity contribution is -0.136. The highest BCUT2D eigenvalue weighted by Crippen LogP contribution is 2.39. The number of aliphatic carboxylic acids is 1. The summed E-state index contributed by atoms with van der Waals surface area (Å²) in [7, 11) is 0. The minimum atomic E-state index is -0.962. The number of carbonyl (C=O) groups is 1. The Morgan fingerprint density at radius 3 is 2.50 bits per heavy atom. The van der Waals surface area contributed by atoms with Gasteiger partial charge in [0.2, 0.25) is 0 Å². The van der Waals surface area contributed by atoms with E-state index in [0.717, 1.165) is 25.7 Å². The van der Waals surface area contributed by atoms with Crippen molar-refractivity contribution >= 4 is 5.97 Å². The molecule has 0 atom stereocenters. The summed E-state index contributed by atoms with van der Waals surface area (Å²) in [5.41, 5.74) is 1.13. The van der Waals surface area contributed by atoms with Crippen LogP contribution in [0, 0.1) is 23.0 Å². The van der Waals surface area contributed by atoms with Crippen molar-refractivity contribution in [1.29, 1.82) is 0 Å². The van der Waals surface area contributed by atoms with Crippen LogP contribution < -0.4 is 10.1 Å². The molecule has 0 unspecified atom stereocenters. The molecule has 1 aliphatic carbocycles. The number of rotatable bonds is 8. The highest BCUT2D eigenvalue weighted by Gasteiger charge is 2.30. The highest BCUT2D eigenvalue weighted by molar-refractivity contribution is 5.67. The van der Waals surface area contributed by atoms with Gasteiger partial charge in [-0.1, -0.05) is 32.9 Å². The first-order valence-corrected chi connectivity index (χ1v) is 11.3. The van der Waals surface area contributed by atoms with Gasteiger partial charge in [0, 0.05) is 24.2 Å². The topological polar surface area (TPSA) is 58.6 Å². The number of ether oxygens (including phenoxy) is 1. The first-order chi connectivity index (χ1) is 15.1. The smallest absolute Gasteiger partial charge is 0.304 e. The van der Waals surface area contributed by atoms with Crippen LogP contribution in [-0.4, -0.2) is 23.7 Å². The third-order valence-electron chi connectivity index (χ3n) is 6.35. The van der Waals surface area contributed by atoms with Crippen LogP contribution in [0.15, 0.2) is 36.4 Å². The Morgan fingerprint density at radius 2 is 1.84 bits per heavy atom. The number of halogens is 2. The van der Waals surface area contributed by atoms with Gasteiger partial charge in [0.15, 0.2) is 0 Å². The van der Waals surface area contributed by atoms with E-state index in [2.05, 4.69) is 26.1 Å². The lowest BCUT2D eigenvalue weighted by atomic mass is 9.72. The number of hydrogen-bond acceptors (Lipinski definition) is 3. The quantitative estimate of drug-likeness (QED) is 0.477. The van der Waals surface area contributed by atoms with Crippen LogP contribution in [0.2, 0.25) is 0 Å². The molecule has 0 amide bonds. The maximum Gasteiger partial charge on any atom is 0.304 e. The number of nitrogens with one attached hydrogen (secondary N) is 1. The third-order valence-corrected chi connectivity index (χ3v) is 6.35. The standard InChI is InChI=1S/C26H33F2NO3/c1-26(2,3)18-7-9-19(10-8-18)32-20-6-4-5-17(15-20)21-11-12-23(27)22(25(21)28)16-29-14-13-24(30)31/h4-6,11-12,15,18-19,29H,7-10,13-14,16H2,1-3H3,(H,30,31)/t18-,19-. The van der Waals surface area contributed by atoms with Gasteiger partial charge >= 0.3 is 5.97 Å². The van der Waals surface area contributed by atoms with E-state index in [1.54, 1.807) is 12.1 Å². The fourth-order valence-corrected chi connectivity index (χ4v) is 4.37. The maximum atomic E-state index is 15.1. The van der Waals surface area contributed by atoms with Crippen LogP contribution in [0.1, 0.15) is 58.4 Å². The normalized spacial score (nSPS) is 19.0. The molecule has 2 aromatic rings. The van der Waals surface area contributed by atoms with E-state index < -0.39 is 17.6 Å². The van der Waals surface area contributed by atoms with E-state index in [4.69, 9.17) is 9.84 Å². The maximum absolute atomic E-state index is 15.1. The van der Waals surface area contributed by atoms with Crippen molar-refractivity contribution in [2.45, 2.75) is 65.5 Å². The summed E-state index contributed by atoms with van der Waals surface area (Å²) in [6, 6.07) is 9.94. The van der Waals surface area contributed by atoms with Gasteiger partial charge in [-0.2, -0.15) is 0 Å². The van der Waals surface area contributed by atoms with Crippen molar-refractivity contribution in [3.63, 3.8) is 0 Å². The van der Waals surface area contributed by atoms with Gasteiger partial charge in [0.1, 0.15) is 17.4 Å². The average molecular weight is 446 g/mol. The SMILES string of the molecule is CC(C)(C)[C@H]1CC[C@H](Oc2cccc(-c3ccc(F)c(CNCCC(=O)O)c3F)c2)CC1. The van der Waals surface area contributed by atoms with Gasteiger partial charge < -0.3 is 15.2 Å². The van der Waals surface area contributed by atoms with Gasteiger partial charge in [0.05, 0.1) is 12.5 Å². The van der Waals surface area contributed by atoms with Crippen molar-refractivity contribution in [2.75, 3.05) is 6.54 Å². The molecule has 0 spiro atoms. The van der Waals surface area contributed by atoms with Gasteiger partial charge in [-0.25, -0.2) is 8.78 Å². The minimum absolute atomic E-state index is 0.0774. The number of benzene rings is 2. The first-order valence-electron chi connectivity index (χ1n) is 11.3. The second-order valence-electron chi connectivity index (χ2n) is 9.69. The molecule has 3 rings (SSSR count). The van der Waals surface area contributed by atoms with Crippen LogP contribution in [0.4, 0.5) is 8.78 Å². The second kappa shape index (κ2) is 10.4. The van der Waals surface area contributed by atoms with E-state index in [1.807, 2.05) is 12.1 Å². The van der Waals surface area contributed by atoms with Crippen molar-refractivity contribution in [3.8, 4) is 16.9 Å². The predicted molar refractivity (Wildman–Crippen MR) is 122 cm³/mol. The summed E-state index contributed by atoms with van der Waals surface area (Å²) < 4.78 is 35.5. The molecule has 1 aliphatic rings. The zero-order valence-corrected chi connectivity index (χ0v) is 19.1. The number of carboxylic acids is 1. The Hall–Kier alpha value is -2.47. The highest BCUT2D eigenvalue weighted by atomic mass is 19.1. The summed E-state index contributed by atoms with van der Waals surface area (Å²) in [5, 5.41) is 11.5. The van der Waals surface area contributed by atoms with Crippen molar-refractivity contribution in [1.82, 2.24) is 5.32 Å². The molecule has 2 aromatic carbocycles. The summed E-state index contributed by atoms with van der Waals surface area (Å²) >= 11 is 0. The number of carboxylic acid groups (broad SMARTS) is 1. The molecule has 1 saturated carbocycles. The summed E-state index contributed by atoms with van der Waals surface area (Å²) in [5.74, 6) is -0.875. The Balaban J connectivity index is 1.69. The molecule has 6 heteroatoms. The molecule has 0 heterocycles. The molecule has 0 bridgehead atoms. The molecule has 0 radical (unpaired) electrons. The second-order valence-corrected chi connectivity index (χ2v) is 9.69. The minimum Gasteiger partial charge on any atom is -0.490 e. The average Bonchev–Trinajstić information content (AvgIpc) is 2.73. The molecule has 0 aromatic heterocycles. The van der Waals surface area contributed by atoms with Gasteiger partial charge in [0.25, 0.3) is 0 Å². The first kappa shape index (κ1) is 24.2. The lowest BCUT2D eigenvalue weighted by Gasteiger charge is -2.37. The Labute approximate surface area is 189 Å². The van der Waals surface area contributed by atoms with E-state index in [-0.39, 0.29) is 31.2 Å². The van der Waals surface area contributed by atoms with Gasteiger partial charge in [-0.3, -0.25) is 4.79 Å². The van der Waals surface area contributed by atoms with Gasteiger partial charge in [-0.15, -0.1) is 0 Å². The molecule has 1 fully saturated rings. The van der Waals surface area contributed by atoms with E-state index in [1.165, 1.54) is 12.1 Å². The van der Waals surface area contributed by atoms with Crippen LogP contribution in [0.3, 0.4) is 0 Å². The molecular formula is C26H33F2NO3. The largest absolute Gasteiger partial charge is 0.490 e. The molecular weight excluding hydrogens is 412 g/mol. The fourth-order valence-electron chi connectivity index (χ4n) is 4.37. The molecule has 2 N–H and O–H groups in total. The zero-order chi connectivity index (χ0) is 23.3. The lowest BCUT2D eigenvalue weighted by Crippen LogP contribution is -2.30. The predicted octanol–water partition coefficient (Wildman–Crippen LogP) is 6.18. The summed E-state index contributed by atoms with van der Waals surface area (Å²) in [4.78, 5) is 10.6. The van der Waals surface area contributed by atoms with Crippen LogP contribution >= 0.6 is 0 Å². The monoisotopic (exact) mass is 445 g/mol. The Bertz CT molecular complexity index is 931. The van der Waals surface area contributed by atoms with Crippen molar-refractivity contribution < 1.29 is 23.4 Å². The molecule has 0 aliphatic heterocycles. The third kappa shape index (κ3) is 6.28. The molecule has 174 valence electrons. The molecule has 0 saturated heterocycles. The zero-order valence-electron chi connectivity index (χ0n) is 19.1. The van der Waals surface area contributed by atoms with Gasteiger partial charge in [-0.05, 0) is 66.8 Å².